The third kappa shape index (κ3) is 3.55. The van der Waals surface area contributed by atoms with Crippen LogP contribution in [0, 0.1) is 6.92 Å². The quantitative estimate of drug-likeness (QED) is 0.850. The number of carbonyl (C=O) groups excluding carboxylic acids is 1. The Hall–Kier alpha value is -2.36. The minimum atomic E-state index is -0.101. The number of hydrogen-bond acceptors (Lipinski definition) is 2. The minimum absolute atomic E-state index is 0.101. The molecule has 0 aliphatic heterocycles. The summed E-state index contributed by atoms with van der Waals surface area (Å²) in [6, 6.07) is 7.76. The summed E-state index contributed by atoms with van der Waals surface area (Å²) in [5.41, 5.74) is 3.22. The van der Waals surface area contributed by atoms with Gasteiger partial charge in [-0.25, -0.2) is 0 Å². The molecule has 98 valence electrons. The van der Waals surface area contributed by atoms with E-state index < -0.39 is 0 Å². The van der Waals surface area contributed by atoms with Gasteiger partial charge in [0.2, 0.25) is 5.91 Å². The summed E-state index contributed by atoms with van der Waals surface area (Å²) < 4.78 is 2.06. The Kier molecular flexibility index (Phi) is 4.13. The molecule has 4 heteroatoms. The van der Waals surface area contributed by atoms with E-state index in [4.69, 9.17) is 0 Å². The zero-order valence-corrected chi connectivity index (χ0v) is 11.1. The van der Waals surface area contributed by atoms with Crippen LogP contribution in [0.3, 0.4) is 0 Å². The van der Waals surface area contributed by atoms with Gasteiger partial charge < -0.3 is 9.88 Å². The molecule has 0 aliphatic rings. The van der Waals surface area contributed by atoms with Gasteiger partial charge in [-0.2, -0.15) is 0 Å². The first-order valence-corrected chi connectivity index (χ1v) is 6.14. The summed E-state index contributed by atoms with van der Waals surface area (Å²) in [6.07, 6.45) is 6.70. The van der Waals surface area contributed by atoms with E-state index in [0.717, 1.165) is 11.3 Å². The SMILES string of the molecule is Cc1ccc(CNC(=O)/C=C/c2ccncc2)n1C. The molecule has 0 atom stereocenters. The van der Waals surface area contributed by atoms with E-state index in [1.165, 1.54) is 11.8 Å². The zero-order chi connectivity index (χ0) is 13.7. The maximum atomic E-state index is 11.7. The summed E-state index contributed by atoms with van der Waals surface area (Å²) in [5, 5.41) is 2.86. The molecule has 2 aromatic heterocycles. The predicted molar refractivity (Wildman–Crippen MR) is 75.3 cm³/mol. The highest BCUT2D eigenvalue weighted by Gasteiger charge is 2.02. The number of nitrogens with one attached hydrogen (secondary N) is 1. The van der Waals surface area contributed by atoms with E-state index in [0.29, 0.717) is 6.54 Å². The highest BCUT2D eigenvalue weighted by atomic mass is 16.1. The van der Waals surface area contributed by atoms with Gasteiger partial charge in [0.25, 0.3) is 0 Å². The second kappa shape index (κ2) is 6.00. The standard InChI is InChI=1S/C15H17N3O/c1-12-3-5-14(18(12)2)11-17-15(19)6-4-13-7-9-16-10-8-13/h3-10H,11H2,1-2H3,(H,17,19)/b6-4+. The summed E-state index contributed by atoms with van der Waals surface area (Å²) in [6.45, 7) is 2.57. The van der Waals surface area contributed by atoms with Crippen LogP contribution in [0.25, 0.3) is 6.08 Å². The van der Waals surface area contributed by atoms with E-state index in [9.17, 15) is 4.79 Å². The molecule has 2 heterocycles. The van der Waals surface area contributed by atoms with Gasteiger partial charge >= 0.3 is 0 Å². The van der Waals surface area contributed by atoms with Crippen molar-refractivity contribution in [1.29, 1.82) is 0 Å². The fourth-order valence-corrected chi connectivity index (χ4v) is 1.73. The third-order valence-corrected chi connectivity index (χ3v) is 3.05. The molecule has 1 amide bonds. The number of nitrogens with zero attached hydrogens (tertiary/aromatic N) is 2. The zero-order valence-electron chi connectivity index (χ0n) is 11.1. The second-order valence-corrected chi connectivity index (χ2v) is 4.36. The molecule has 0 bridgehead atoms. The van der Waals surface area contributed by atoms with Crippen molar-refractivity contribution in [2.45, 2.75) is 13.5 Å². The van der Waals surface area contributed by atoms with E-state index in [1.807, 2.05) is 38.2 Å². The molecular weight excluding hydrogens is 238 g/mol. The van der Waals surface area contributed by atoms with Gasteiger partial charge in [-0.3, -0.25) is 9.78 Å². The summed E-state index contributed by atoms with van der Waals surface area (Å²) in [4.78, 5) is 15.6. The van der Waals surface area contributed by atoms with Crippen molar-refractivity contribution in [3.63, 3.8) is 0 Å². The molecule has 0 aromatic carbocycles. The minimum Gasteiger partial charge on any atom is -0.350 e. The fraction of sp³-hybridized carbons (Fsp3) is 0.200. The molecule has 0 radical (unpaired) electrons. The Labute approximate surface area is 112 Å². The summed E-state index contributed by atoms with van der Waals surface area (Å²) >= 11 is 0. The van der Waals surface area contributed by atoms with Crippen molar-refractivity contribution in [2.75, 3.05) is 0 Å². The molecule has 1 N–H and O–H groups in total. The number of carbonyl (C=O) groups is 1. The van der Waals surface area contributed by atoms with Crippen molar-refractivity contribution in [1.82, 2.24) is 14.9 Å². The molecule has 0 aliphatic carbocycles. The van der Waals surface area contributed by atoms with Crippen LogP contribution in [0.2, 0.25) is 0 Å². The van der Waals surface area contributed by atoms with Gasteiger partial charge in [0.15, 0.2) is 0 Å². The number of amides is 1. The summed E-state index contributed by atoms with van der Waals surface area (Å²) in [7, 11) is 1.99. The predicted octanol–water partition coefficient (Wildman–Crippen LogP) is 2.06. The maximum absolute atomic E-state index is 11.7. The molecule has 0 unspecified atom stereocenters. The Morgan fingerprint density at radius 2 is 2.05 bits per heavy atom. The third-order valence-electron chi connectivity index (χ3n) is 3.05. The number of aryl methyl sites for hydroxylation is 1. The molecule has 0 saturated carbocycles. The largest absolute Gasteiger partial charge is 0.350 e. The van der Waals surface area contributed by atoms with Gasteiger partial charge in [0, 0.05) is 36.9 Å². The van der Waals surface area contributed by atoms with Gasteiger partial charge in [0.05, 0.1) is 6.54 Å². The molecular formula is C15H17N3O. The van der Waals surface area contributed by atoms with E-state index in [2.05, 4.69) is 14.9 Å². The average Bonchev–Trinajstić information content (AvgIpc) is 2.75. The Balaban J connectivity index is 1.89. The van der Waals surface area contributed by atoms with Gasteiger partial charge in [-0.1, -0.05) is 0 Å². The average molecular weight is 255 g/mol. The van der Waals surface area contributed by atoms with Crippen molar-refractivity contribution >= 4 is 12.0 Å². The highest BCUT2D eigenvalue weighted by molar-refractivity contribution is 5.91. The number of rotatable bonds is 4. The number of pyridine rings is 1. The lowest BCUT2D eigenvalue weighted by molar-refractivity contribution is -0.116. The Bertz CT molecular complexity index is 585. The van der Waals surface area contributed by atoms with Crippen LogP contribution >= 0.6 is 0 Å². The van der Waals surface area contributed by atoms with Crippen LogP contribution in [-0.2, 0) is 18.4 Å². The second-order valence-electron chi connectivity index (χ2n) is 4.36. The van der Waals surface area contributed by atoms with Crippen LogP contribution in [0.1, 0.15) is 17.0 Å². The maximum Gasteiger partial charge on any atom is 0.244 e. The van der Waals surface area contributed by atoms with Gasteiger partial charge in [-0.15, -0.1) is 0 Å². The van der Waals surface area contributed by atoms with Crippen LogP contribution in [0.4, 0.5) is 0 Å². The Morgan fingerprint density at radius 3 is 2.68 bits per heavy atom. The summed E-state index contributed by atoms with van der Waals surface area (Å²) in [5.74, 6) is -0.101. The molecule has 19 heavy (non-hydrogen) atoms. The highest BCUT2D eigenvalue weighted by Crippen LogP contribution is 2.05. The molecule has 0 fully saturated rings. The Morgan fingerprint density at radius 1 is 1.32 bits per heavy atom. The monoisotopic (exact) mass is 255 g/mol. The first kappa shape index (κ1) is 13.1. The number of aromatic nitrogens is 2. The molecule has 2 aromatic rings. The van der Waals surface area contributed by atoms with Crippen LogP contribution in [-0.4, -0.2) is 15.5 Å². The lowest BCUT2D eigenvalue weighted by atomic mass is 10.2. The van der Waals surface area contributed by atoms with Crippen LogP contribution in [0.5, 0.6) is 0 Å². The fourth-order valence-electron chi connectivity index (χ4n) is 1.73. The van der Waals surface area contributed by atoms with Crippen LogP contribution < -0.4 is 5.32 Å². The van der Waals surface area contributed by atoms with Gasteiger partial charge in [0.1, 0.15) is 0 Å². The first-order chi connectivity index (χ1) is 9.16. The van der Waals surface area contributed by atoms with Crippen molar-refractivity contribution < 1.29 is 4.79 Å². The normalized spacial score (nSPS) is 10.8. The lowest BCUT2D eigenvalue weighted by Crippen LogP contribution is -2.21. The number of hydrogen-bond donors (Lipinski definition) is 1. The smallest absolute Gasteiger partial charge is 0.244 e. The van der Waals surface area contributed by atoms with E-state index >= 15 is 0 Å². The molecule has 0 saturated heterocycles. The topological polar surface area (TPSA) is 46.9 Å². The van der Waals surface area contributed by atoms with Crippen molar-refractivity contribution in [3.8, 4) is 0 Å². The molecule has 2 rings (SSSR count). The molecule has 0 spiro atoms. The van der Waals surface area contributed by atoms with Gasteiger partial charge in [-0.05, 0) is 42.8 Å². The van der Waals surface area contributed by atoms with Crippen molar-refractivity contribution in [2.24, 2.45) is 7.05 Å². The van der Waals surface area contributed by atoms with Crippen molar-refractivity contribution in [3.05, 3.63) is 59.7 Å². The van der Waals surface area contributed by atoms with Crippen LogP contribution in [0.15, 0.2) is 42.7 Å². The first-order valence-electron chi connectivity index (χ1n) is 6.14. The van der Waals surface area contributed by atoms with E-state index in [1.54, 1.807) is 18.5 Å². The lowest BCUT2D eigenvalue weighted by Gasteiger charge is -2.05. The molecule has 4 nitrogen and oxygen atoms in total. The van der Waals surface area contributed by atoms with E-state index in [-0.39, 0.29) is 5.91 Å².